The molecule has 0 aromatic heterocycles. The number of unbranched alkanes of at least 4 members (excludes halogenated alkanes) is 1. The monoisotopic (exact) mass is 182 g/mol. The molecule has 0 bridgehead atoms. The van der Waals surface area contributed by atoms with Crippen molar-refractivity contribution in [2.24, 2.45) is 0 Å². The van der Waals surface area contributed by atoms with E-state index in [1.54, 1.807) is 17.7 Å². The Balaban J connectivity index is 0.000000500. The zero-order chi connectivity index (χ0) is 10.6. The van der Waals surface area contributed by atoms with E-state index in [0.717, 1.165) is 18.8 Å². The molecule has 0 radical (unpaired) electrons. The minimum absolute atomic E-state index is 0.834. The van der Waals surface area contributed by atoms with E-state index < -0.39 is 0 Å². The van der Waals surface area contributed by atoms with E-state index in [9.17, 15) is 0 Å². The molecule has 2 heteroatoms. The molecule has 0 saturated heterocycles. The van der Waals surface area contributed by atoms with Crippen LogP contribution >= 0.6 is 0 Å². The fourth-order valence-electron chi connectivity index (χ4n) is 0.851. The normalized spacial score (nSPS) is 8.14. The van der Waals surface area contributed by atoms with Crippen molar-refractivity contribution in [1.82, 2.24) is 0 Å². The van der Waals surface area contributed by atoms with Gasteiger partial charge in [0.25, 0.3) is 0 Å². The Bertz CT molecular complexity index is 251. The van der Waals surface area contributed by atoms with Crippen LogP contribution in [0.5, 0.6) is 5.75 Å². The summed E-state index contributed by atoms with van der Waals surface area (Å²) in [7, 11) is 0. The van der Waals surface area contributed by atoms with Crippen molar-refractivity contribution >= 4 is 17.7 Å². The molecular formula is C12H15LiO. The second-order valence-electron chi connectivity index (χ2n) is 2.80. The van der Waals surface area contributed by atoms with Gasteiger partial charge in [-0.05, 0) is 18.6 Å². The summed E-state index contributed by atoms with van der Waals surface area (Å²) >= 11 is 1.65. The molecule has 70 valence electrons. The topological polar surface area (TPSA) is 9.23 Å². The van der Waals surface area contributed by atoms with Gasteiger partial charge in [-0.3, -0.25) is 0 Å². The summed E-state index contributed by atoms with van der Waals surface area (Å²) in [4.78, 5) is 0. The number of hydrogen-bond acceptors (Lipinski definition) is 1. The van der Waals surface area contributed by atoms with Gasteiger partial charge in [-0.15, -0.1) is 0 Å². The Morgan fingerprint density at radius 1 is 1.36 bits per heavy atom. The Labute approximate surface area is 96.1 Å². The summed E-state index contributed by atoms with van der Waals surface area (Å²) in [6, 6.07) is 9.93. The average molecular weight is 182 g/mol. The predicted molar refractivity (Wildman–Crippen MR) is 61.4 cm³/mol. The van der Waals surface area contributed by atoms with E-state index in [2.05, 4.69) is 17.9 Å². The molecule has 0 unspecified atom stereocenters. The van der Waals surface area contributed by atoms with Crippen molar-refractivity contribution in [2.45, 2.75) is 19.8 Å². The molecule has 0 heterocycles. The van der Waals surface area contributed by atoms with Gasteiger partial charge in [0.1, 0.15) is 5.75 Å². The van der Waals surface area contributed by atoms with Gasteiger partial charge in [-0.2, -0.15) is 0 Å². The summed E-state index contributed by atoms with van der Waals surface area (Å²) < 4.78 is 7.70. The van der Waals surface area contributed by atoms with Crippen LogP contribution in [-0.4, -0.2) is 24.3 Å². The van der Waals surface area contributed by atoms with E-state index in [-0.39, 0.29) is 0 Å². The van der Waals surface area contributed by atoms with Gasteiger partial charge < -0.3 is 4.74 Å². The van der Waals surface area contributed by atoms with Crippen LogP contribution in [0.25, 0.3) is 0 Å². The summed E-state index contributed by atoms with van der Waals surface area (Å²) in [5.41, 5.74) is 0. The van der Waals surface area contributed by atoms with Gasteiger partial charge in [0.05, 0.1) is 6.61 Å². The third kappa shape index (κ3) is 7.81. The molecule has 1 aromatic rings. The molecule has 1 aromatic carbocycles. The van der Waals surface area contributed by atoms with Crippen molar-refractivity contribution in [3.63, 3.8) is 0 Å². The van der Waals surface area contributed by atoms with Crippen LogP contribution in [0.2, 0.25) is 0 Å². The molecule has 0 saturated carbocycles. The SMILES string of the molecule is CCCCOc1ccccc1.[Li][C]#C. The molecule has 0 fully saturated rings. The average Bonchev–Trinajstić information content (AvgIpc) is 2.21. The molecule has 0 aliphatic heterocycles. The predicted octanol–water partition coefficient (Wildman–Crippen LogP) is 2.61. The summed E-state index contributed by atoms with van der Waals surface area (Å²) in [5, 5.41) is 0. The van der Waals surface area contributed by atoms with Crippen LogP contribution in [0, 0.1) is 11.0 Å². The molecule has 1 nitrogen and oxygen atoms in total. The van der Waals surface area contributed by atoms with Crippen LogP contribution in [0.15, 0.2) is 30.3 Å². The molecule has 0 spiro atoms. The number of hydrogen-bond donors (Lipinski definition) is 0. The van der Waals surface area contributed by atoms with Crippen LogP contribution in [0.4, 0.5) is 0 Å². The maximum atomic E-state index is 5.45. The van der Waals surface area contributed by atoms with Gasteiger partial charge in [-0.1, -0.05) is 31.5 Å². The van der Waals surface area contributed by atoms with E-state index in [4.69, 9.17) is 4.74 Å². The van der Waals surface area contributed by atoms with Crippen molar-refractivity contribution in [2.75, 3.05) is 6.61 Å². The van der Waals surface area contributed by atoms with Gasteiger partial charge >= 0.3 is 28.7 Å². The summed E-state index contributed by atoms with van der Waals surface area (Å²) in [6.45, 7) is 2.99. The zero-order valence-corrected chi connectivity index (χ0v) is 8.99. The van der Waals surface area contributed by atoms with Crippen molar-refractivity contribution in [3.8, 4) is 16.8 Å². The van der Waals surface area contributed by atoms with Gasteiger partial charge in [0, 0.05) is 0 Å². The molecule has 0 amide bonds. The number of rotatable bonds is 4. The van der Waals surface area contributed by atoms with E-state index in [1.807, 2.05) is 30.3 Å². The van der Waals surface area contributed by atoms with Gasteiger partial charge in [0.15, 0.2) is 0 Å². The fraction of sp³-hybridized carbons (Fsp3) is 0.333. The van der Waals surface area contributed by atoms with Crippen LogP contribution < -0.4 is 4.74 Å². The first-order valence-electron chi connectivity index (χ1n) is 4.90. The second kappa shape index (κ2) is 10.3. The quantitative estimate of drug-likeness (QED) is 0.395. The number of para-hydroxylation sites is 1. The third-order valence-corrected chi connectivity index (χ3v) is 1.51. The standard InChI is InChI=1S/C10H14O.C2H.Li/c1-2-3-9-11-10-7-5-4-6-8-10;1-2;/h4-8H,2-3,9H2,1H3;1H;. The molecule has 0 aliphatic carbocycles. The first-order chi connectivity index (χ1) is 6.85. The van der Waals surface area contributed by atoms with Crippen LogP contribution in [-0.2, 0) is 0 Å². The van der Waals surface area contributed by atoms with Crippen LogP contribution in [0.1, 0.15) is 19.8 Å². The Hall–Kier alpha value is -0.823. The summed E-state index contributed by atoms with van der Waals surface area (Å²) in [5.74, 6) is 0.973. The first kappa shape index (κ1) is 13.2. The van der Waals surface area contributed by atoms with Crippen molar-refractivity contribution < 1.29 is 4.74 Å². The Morgan fingerprint density at radius 3 is 2.43 bits per heavy atom. The fourth-order valence-corrected chi connectivity index (χ4v) is 0.851. The first-order valence-corrected chi connectivity index (χ1v) is 4.90. The molecule has 0 N–H and O–H groups in total. The van der Waals surface area contributed by atoms with Gasteiger partial charge in [0.2, 0.25) is 0 Å². The van der Waals surface area contributed by atoms with Gasteiger partial charge in [-0.25, -0.2) is 0 Å². The van der Waals surface area contributed by atoms with Crippen LogP contribution in [0.3, 0.4) is 0 Å². The minimum atomic E-state index is 0.834. The Kier molecular flexibility index (Phi) is 9.66. The number of terminal acetylenes is 1. The van der Waals surface area contributed by atoms with E-state index >= 15 is 0 Å². The molecule has 0 atom stereocenters. The molecule has 0 aliphatic rings. The third-order valence-electron chi connectivity index (χ3n) is 1.51. The molecule has 1 rings (SSSR count). The molecule has 14 heavy (non-hydrogen) atoms. The Morgan fingerprint density at radius 2 is 1.93 bits per heavy atom. The molecular weight excluding hydrogens is 167 g/mol. The summed E-state index contributed by atoms with van der Waals surface area (Å²) in [6.07, 6.45) is 6.92. The number of ether oxygens (including phenoxy) is 1. The maximum absolute atomic E-state index is 5.45. The van der Waals surface area contributed by atoms with E-state index in [1.165, 1.54) is 6.42 Å². The van der Waals surface area contributed by atoms with E-state index in [0.29, 0.717) is 0 Å². The second-order valence-corrected chi connectivity index (χ2v) is 2.80. The zero-order valence-electron chi connectivity index (χ0n) is 8.99. The van der Waals surface area contributed by atoms with Crippen molar-refractivity contribution in [1.29, 1.82) is 0 Å². The number of benzene rings is 1. The van der Waals surface area contributed by atoms with Crippen molar-refractivity contribution in [3.05, 3.63) is 30.3 Å².